The number of aromatic nitrogens is 2. The van der Waals surface area contributed by atoms with Gasteiger partial charge < -0.3 is 15.0 Å². The number of carbonyl (C=O) groups excluding carboxylic acids is 1. The maximum Gasteiger partial charge on any atom is 0.251 e. The van der Waals surface area contributed by atoms with E-state index in [9.17, 15) is 4.79 Å². The van der Waals surface area contributed by atoms with E-state index >= 15 is 0 Å². The highest BCUT2D eigenvalue weighted by molar-refractivity contribution is 7.98. The summed E-state index contributed by atoms with van der Waals surface area (Å²) >= 11 is 7.95. The molecule has 0 atom stereocenters. The maximum atomic E-state index is 12.5. The van der Waals surface area contributed by atoms with Gasteiger partial charge in [-0.15, -0.1) is 0 Å². The minimum absolute atomic E-state index is 0.0437. The van der Waals surface area contributed by atoms with Crippen molar-refractivity contribution in [2.24, 2.45) is 5.92 Å². The molecule has 9 heteroatoms. The Hall–Kier alpha value is -2.65. The molecule has 2 aliphatic rings. The van der Waals surface area contributed by atoms with E-state index in [1.54, 1.807) is 11.8 Å². The Morgan fingerprint density at radius 1 is 0.974 bits per heavy atom. The minimum atomic E-state index is -0.0437. The lowest BCUT2D eigenvalue weighted by Crippen LogP contribution is -2.41. The van der Waals surface area contributed by atoms with E-state index in [1.165, 1.54) is 5.56 Å². The first-order valence-electron chi connectivity index (χ1n) is 13.8. The van der Waals surface area contributed by atoms with Gasteiger partial charge in [-0.05, 0) is 48.4 Å². The fourth-order valence-electron chi connectivity index (χ4n) is 5.08. The van der Waals surface area contributed by atoms with Crippen LogP contribution < -0.4 is 10.2 Å². The number of halogens is 1. The van der Waals surface area contributed by atoms with Crippen LogP contribution in [0.25, 0.3) is 0 Å². The first-order valence-corrected chi connectivity index (χ1v) is 15.1. The molecule has 1 N–H and O–H groups in total. The molecular weight excluding hydrogens is 530 g/mol. The predicted octanol–water partition coefficient (Wildman–Crippen LogP) is 4.94. The van der Waals surface area contributed by atoms with Gasteiger partial charge >= 0.3 is 0 Å². The number of anilines is 1. The van der Waals surface area contributed by atoms with E-state index in [4.69, 9.17) is 21.3 Å². The summed E-state index contributed by atoms with van der Waals surface area (Å²) in [4.78, 5) is 26.4. The Morgan fingerprint density at radius 3 is 2.46 bits per heavy atom. The van der Waals surface area contributed by atoms with Gasteiger partial charge in [-0.25, -0.2) is 9.97 Å². The van der Waals surface area contributed by atoms with Crippen LogP contribution in [0.3, 0.4) is 0 Å². The van der Waals surface area contributed by atoms with Crippen molar-refractivity contribution in [3.8, 4) is 0 Å². The standard InChI is InChI=1S/C30H36ClN5O2S/c31-27-21-28(36-13-10-24(11-14-36)20-23-4-2-1-3-5-23)34-30(33-27)39-22-25-6-8-26(9-7-25)29(37)32-12-15-35-16-18-38-19-17-35/h1-9,21,24H,10-20,22H2,(H,32,37). The molecule has 0 unspecified atom stereocenters. The first-order chi connectivity index (χ1) is 19.1. The summed E-state index contributed by atoms with van der Waals surface area (Å²) in [5.41, 5.74) is 3.19. The fourth-order valence-corrected chi connectivity index (χ4v) is 6.12. The second-order valence-corrected chi connectivity index (χ2v) is 11.5. The molecule has 1 amide bonds. The zero-order chi connectivity index (χ0) is 26.9. The molecular formula is C30H36ClN5O2S. The van der Waals surface area contributed by atoms with E-state index in [-0.39, 0.29) is 5.91 Å². The van der Waals surface area contributed by atoms with Crippen molar-refractivity contribution in [3.63, 3.8) is 0 Å². The topological polar surface area (TPSA) is 70.6 Å². The zero-order valence-electron chi connectivity index (χ0n) is 22.2. The summed E-state index contributed by atoms with van der Waals surface area (Å²) in [6, 6.07) is 20.4. The van der Waals surface area contributed by atoms with E-state index in [0.717, 1.165) is 76.6 Å². The first kappa shape index (κ1) is 27.9. The minimum Gasteiger partial charge on any atom is -0.379 e. The number of hydrogen-bond acceptors (Lipinski definition) is 7. The number of ether oxygens (including phenoxy) is 1. The van der Waals surface area contributed by atoms with Crippen LogP contribution in [-0.4, -0.2) is 73.3 Å². The molecule has 39 heavy (non-hydrogen) atoms. The lowest BCUT2D eigenvalue weighted by Gasteiger charge is -2.33. The Bertz CT molecular complexity index is 1200. The van der Waals surface area contributed by atoms with Crippen LogP contribution >= 0.6 is 23.4 Å². The largest absolute Gasteiger partial charge is 0.379 e. The summed E-state index contributed by atoms with van der Waals surface area (Å²) in [6.45, 7) is 6.81. The third-order valence-electron chi connectivity index (χ3n) is 7.37. The van der Waals surface area contributed by atoms with Crippen molar-refractivity contribution in [1.29, 1.82) is 0 Å². The van der Waals surface area contributed by atoms with Gasteiger partial charge in [0.1, 0.15) is 11.0 Å². The Balaban J connectivity index is 1.08. The van der Waals surface area contributed by atoms with Crippen LogP contribution in [0.15, 0.2) is 65.8 Å². The molecule has 0 spiro atoms. The molecule has 0 bridgehead atoms. The molecule has 0 aliphatic carbocycles. The highest BCUT2D eigenvalue weighted by atomic mass is 35.5. The van der Waals surface area contributed by atoms with Gasteiger partial charge in [0.25, 0.3) is 5.91 Å². The second kappa shape index (κ2) is 14.1. The molecule has 2 saturated heterocycles. The van der Waals surface area contributed by atoms with Crippen LogP contribution in [0.2, 0.25) is 5.15 Å². The quantitative estimate of drug-likeness (QED) is 0.212. The monoisotopic (exact) mass is 565 g/mol. The van der Waals surface area contributed by atoms with Gasteiger partial charge in [-0.3, -0.25) is 9.69 Å². The van der Waals surface area contributed by atoms with Crippen LogP contribution in [0, 0.1) is 5.92 Å². The number of nitrogens with zero attached hydrogens (tertiary/aromatic N) is 4. The number of hydrogen-bond donors (Lipinski definition) is 1. The van der Waals surface area contributed by atoms with Crippen LogP contribution in [0.4, 0.5) is 5.82 Å². The molecule has 2 aliphatic heterocycles. The normalized spacial score (nSPS) is 16.8. The van der Waals surface area contributed by atoms with Gasteiger partial charge in [-0.2, -0.15) is 0 Å². The molecule has 5 rings (SSSR count). The molecule has 2 fully saturated rings. The van der Waals surface area contributed by atoms with Crippen molar-refractivity contribution in [3.05, 3.63) is 82.5 Å². The molecule has 3 heterocycles. The SMILES string of the molecule is O=C(NCCN1CCOCC1)c1ccc(CSc2nc(Cl)cc(N3CCC(Cc4ccccc4)CC3)n2)cc1. The van der Waals surface area contributed by atoms with Gasteiger partial charge in [0.15, 0.2) is 5.16 Å². The van der Waals surface area contributed by atoms with Crippen LogP contribution in [-0.2, 0) is 16.9 Å². The highest BCUT2D eigenvalue weighted by Gasteiger charge is 2.21. The van der Waals surface area contributed by atoms with Crippen molar-refractivity contribution < 1.29 is 9.53 Å². The van der Waals surface area contributed by atoms with Crippen LogP contribution in [0.5, 0.6) is 0 Å². The third kappa shape index (κ3) is 8.42. The Morgan fingerprint density at radius 2 is 1.72 bits per heavy atom. The number of morpholine rings is 1. The molecule has 206 valence electrons. The summed E-state index contributed by atoms with van der Waals surface area (Å²) in [7, 11) is 0. The number of benzene rings is 2. The van der Waals surface area contributed by atoms with Crippen molar-refractivity contribution in [1.82, 2.24) is 20.2 Å². The smallest absolute Gasteiger partial charge is 0.251 e. The maximum absolute atomic E-state index is 12.5. The second-order valence-electron chi connectivity index (χ2n) is 10.1. The van der Waals surface area contributed by atoms with E-state index in [1.807, 2.05) is 30.3 Å². The van der Waals surface area contributed by atoms with Gasteiger partial charge in [-0.1, -0.05) is 65.8 Å². The van der Waals surface area contributed by atoms with E-state index in [2.05, 4.69) is 50.4 Å². The number of amides is 1. The fraction of sp³-hybridized carbons (Fsp3) is 0.433. The Kier molecular flexibility index (Phi) is 10.1. The van der Waals surface area contributed by atoms with Gasteiger partial charge in [0.2, 0.25) is 0 Å². The summed E-state index contributed by atoms with van der Waals surface area (Å²) in [5, 5.41) is 4.16. The number of rotatable bonds is 10. The Labute approximate surface area is 240 Å². The number of nitrogens with one attached hydrogen (secondary N) is 1. The van der Waals surface area contributed by atoms with Crippen molar-refractivity contribution in [2.45, 2.75) is 30.2 Å². The van der Waals surface area contributed by atoms with Gasteiger partial charge in [0.05, 0.1) is 13.2 Å². The lowest BCUT2D eigenvalue weighted by molar-refractivity contribution is 0.0383. The molecule has 2 aromatic carbocycles. The summed E-state index contributed by atoms with van der Waals surface area (Å²) in [5.74, 6) is 2.26. The average molecular weight is 566 g/mol. The number of thioether (sulfide) groups is 1. The lowest BCUT2D eigenvalue weighted by atomic mass is 9.90. The third-order valence-corrected chi connectivity index (χ3v) is 8.48. The molecule has 7 nitrogen and oxygen atoms in total. The van der Waals surface area contributed by atoms with E-state index < -0.39 is 0 Å². The molecule has 0 saturated carbocycles. The highest BCUT2D eigenvalue weighted by Crippen LogP contribution is 2.28. The molecule has 0 radical (unpaired) electrons. The summed E-state index contributed by atoms with van der Waals surface area (Å²) < 4.78 is 5.37. The molecule has 3 aromatic rings. The van der Waals surface area contributed by atoms with Crippen molar-refractivity contribution >= 4 is 35.1 Å². The zero-order valence-corrected chi connectivity index (χ0v) is 23.8. The number of carbonyl (C=O) groups is 1. The number of piperidine rings is 1. The van der Waals surface area contributed by atoms with Crippen LogP contribution in [0.1, 0.15) is 34.3 Å². The average Bonchev–Trinajstić information content (AvgIpc) is 2.97. The van der Waals surface area contributed by atoms with Gasteiger partial charge in [0, 0.05) is 56.7 Å². The molecule has 1 aromatic heterocycles. The van der Waals surface area contributed by atoms with Crippen molar-refractivity contribution in [2.75, 3.05) is 57.4 Å². The van der Waals surface area contributed by atoms with E-state index in [0.29, 0.717) is 34.1 Å². The summed E-state index contributed by atoms with van der Waals surface area (Å²) in [6.07, 6.45) is 3.42. The predicted molar refractivity (Wildman–Crippen MR) is 158 cm³/mol.